The number of carbonyl (C=O) groups excluding carboxylic acids is 2. The van der Waals surface area contributed by atoms with Crippen molar-refractivity contribution < 1.29 is 14.3 Å². The molecule has 0 saturated carbocycles. The van der Waals surface area contributed by atoms with Gasteiger partial charge in [-0.05, 0) is 16.3 Å². The molecular formula is C17H10BrNO3. The number of benzene rings is 2. The second kappa shape index (κ2) is 4.88. The summed E-state index contributed by atoms with van der Waals surface area (Å²) in [7, 11) is 0. The molecule has 1 amide bonds. The van der Waals surface area contributed by atoms with Crippen LogP contribution in [0.15, 0.2) is 47.0 Å². The van der Waals surface area contributed by atoms with Crippen molar-refractivity contribution in [2.75, 3.05) is 11.9 Å². The summed E-state index contributed by atoms with van der Waals surface area (Å²) in [5, 5.41) is 2.64. The fraction of sp³-hybridized carbons (Fsp3) is 0.118. The Morgan fingerprint density at radius 3 is 2.59 bits per heavy atom. The summed E-state index contributed by atoms with van der Waals surface area (Å²) >= 11 is 3.20. The van der Waals surface area contributed by atoms with Gasteiger partial charge in [-0.1, -0.05) is 52.3 Å². The highest BCUT2D eigenvalue weighted by Gasteiger charge is 2.39. The van der Waals surface area contributed by atoms with E-state index in [1.807, 2.05) is 36.4 Å². The fourth-order valence-electron chi connectivity index (χ4n) is 3.04. The number of alkyl halides is 1. The van der Waals surface area contributed by atoms with E-state index in [4.69, 9.17) is 4.74 Å². The minimum Gasteiger partial charge on any atom is -0.461 e. The van der Waals surface area contributed by atoms with Crippen LogP contribution in [0.2, 0.25) is 0 Å². The highest BCUT2D eigenvalue weighted by atomic mass is 79.9. The van der Waals surface area contributed by atoms with Crippen LogP contribution in [0.5, 0.6) is 0 Å². The standard InChI is InChI=1S/C17H10BrNO3/c18-7-8-22-17(21)14-13-10-5-1-3-9-4-2-6-11(12(9)10)15(13)19-16(14)20/h1-6H,7-8H2. The number of fused-ring (bicyclic) bond motifs is 3. The smallest absolute Gasteiger partial charge is 0.344 e. The minimum atomic E-state index is -0.608. The number of aliphatic imine (C=N–C) groups is 1. The molecule has 0 fully saturated rings. The van der Waals surface area contributed by atoms with Crippen LogP contribution >= 0.6 is 15.9 Å². The molecule has 5 heteroatoms. The third-order valence-electron chi connectivity index (χ3n) is 3.86. The highest BCUT2D eigenvalue weighted by molar-refractivity contribution is 9.09. The zero-order valence-corrected chi connectivity index (χ0v) is 13.0. The summed E-state index contributed by atoms with van der Waals surface area (Å²) in [4.78, 5) is 28.5. The van der Waals surface area contributed by atoms with Crippen molar-refractivity contribution in [3.8, 4) is 0 Å². The van der Waals surface area contributed by atoms with E-state index in [9.17, 15) is 9.59 Å². The summed E-state index contributed by atoms with van der Waals surface area (Å²) in [6.45, 7) is 0.218. The predicted octanol–water partition coefficient (Wildman–Crippen LogP) is 2.87. The maximum atomic E-state index is 12.2. The molecule has 4 rings (SSSR count). The Morgan fingerprint density at radius 2 is 1.86 bits per heavy atom. The number of rotatable bonds is 3. The van der Waals surface area contributed by atoms with Crippen molar-refractivity contribution in [1.29, 1.82) is 0 Å². The van der Waals surface area contributed by atoms with Gasteiger partial charge in [0.05, 0.1) is 5.71 Å². The number of esters is 1. The Balaban J connectivity index is 1.96. The topological polar surface area (TPSA) is 55.7 Å². The summed E-state index contributed by atoms with van der Waals surface area (Å²) in [6.07, 6.45) is 0. The number of halogens is 1. The van der Waals surface area contributed by atoms with Gasteiger partial charge in [-0.2, -0.15) is 0 Å². The molecule has 4 nitrogen and oxygen atoms in total. The van der Waals surface area contributed by atoms with Crippen molar-refractivity contribution in [2.45, 2.75) is 0 Å². The molecule has 22 heavy (non-hydrogen) atoms. The SMILES string of the molecule is O=C1N=C2C(=C1C(=O)OCCBr)c1cccc3cccc2c13. The van der Waals surface area contributed by atoms with Crippen LogP contribution in [0.25, 0.3) is 16.3 Å². The molecule has 0 N–H and O–H groups in total. The zero-order valence-electron chi connectivity index (χ0n) is 11.4. The van der Waals surface area contributed by atoms with Crippen LogP contribution in [0, 0.1) is 0 Å². The number of hydrogen-bond donors (Lipinski definition) is 0. The van der Waals surface area contributed by atoms with Crippen LogP contribution in [-0.4, -0.2) is 29.5 Å². The zero-order chi connectivity index (χ0) is 15.3. The maximum Gasteiger partial charge on any atom is 0.344 e. The first-order chi connectivity index (χ1) is 10.7. The predicted molar refractivity (Wildman–Crippen MR) is 87.2 cm³/mol. The third-order valence-corrected chi connectivity index (χ3v) is 4.18. The minimum absolute atomic E-state index is 0.0413. The Bertz CT molecular complexity index is 906. The summed E-state index contributed by atoms with van der Waals surface area (Å²) < 4.78 is 5.11. The lowest BCUT2D eigenvalue weighted by molar-refractivity contribution is -0.139. The van der Waals surface area contributed by atoms with Gasteiger partial charge in [0, 0.05) is 16.5 Å². The number of ether oxygens (including phenoxy) is 1. The van der Waals surface area contributed by atoms with E-state index in [2.05, 4.69) is 20.9 Å². The van der Waals surface area contributed by atoms with E-state index in [1.165, 1.54) is 0 Å². The van der Waals surface area contributed by atoms with Crippen molar-refractivity contribution in [3.63, 3.8) is 0 Å². The Hall–Kier alpha value is -2.27. The van der Waals surface area contributed by atoms with Crippen LogP contribution in [0.4, 0.5) is 0 Å². The van der Waals surface area contributed by atoms with E-state index in [0.29, 0.717) is 16.6 Å². The number of carbonyl (C=O) groups is 2. The van der Waals surface area contributed by atoms with Gasteiger partial charge in [0.15, 0.2) is 0 Å². The van der Waals surface area contributed by atoms with Gasteiger partial charge in [-0.25, -0.2) is 9.79 Å². The van der Waals surface area contributed by atoms with E-state index in [-0.39, 0.29) is 12.2 Å². The third kappa shape index (κ3) is 1.72. The van der Waals surface area contributed by atoms with Crippen molar-refractivity contribution >= 4 is 49.9 Å². The average Bonchev–Trinajstić information content (AvgIpc) is 3.02. The maximum absolute atomic E-state index is 12.2. The van der Waals surface area contributed by atoms with Crippen LogP contribution in [0.3, 0.4) is 0 Å². The Kier molecular flexibility index (Phi) is 2.97. The van der Waals surface area contributed by atoms with Gasteiger partial charge in [-0.3, -0.25) is 4.79 Å². The molecule has 0 saturated heterocycles. The number of nitrogens with zero attached hydrogens (tertiary/aromatic N) is 1. The van der Waals surface area contributed by atoms with Gasteiger partial charge >= 0.3 is 5.97 Å². The molecule has 0 atom stereocenters. The lowest BCUT2D eigenvalue weighted by Crippen LogP contribution is -2.15. The molecule has 0 radical (unpaired) electrons. The number of amides is 1. The number of hydrogen-bond acceptors (Lipinski definition) is 3. The lowest BCUT2D eigenvalue weighted by Gasteiger charge is -2.05. The van der Waals surface area contributed by atoms with Crippen LogP contribution < -0.4 is 0 Å². The van der Waals surface area contributed by atoms with Gasteiger partial charge in [0.2, 0.25) is 0 Å². The van der Waals surface area contributed by atoms with E-state index in [1.54, 1.807) is 0 Å². The average molecular weight is 356 g/mol. The summed E-state index contributed by atoms with van der Waals surface area (Å²) in [5.41, 5.74) is 3.02. The molecule has 2 aromatic carbocycles. The summed E-state index contributed by atoms with van der Waals surface area (Å²) in [6, 6.07) is 11.7. The molecule has 2 aromatic rings. The highest BCUT2D eigenvalue weighted by Crippen LogP contribution is 2.42. The normalized spacial score (nSPS) is 15.3. The van der Waals surface area contributed by atoms with Gasteiger partial charge in [-0.15, -0.1) is 0 Å². The molecule has 0 unspecified atom stereocenters. The molecule has 1 aliphatic carbocycles. The van der Waals surface area contributed by atoms with Gasteiger partial charge < -0.3 is 4.74 Å². The van der Waals surface area contributed by atoms with Gasteiger partial charge in [0.25, 0.3) is 5.91 Å². The monoisotopic (exact) mass is 355 g/mol. The molecular weight excluding hydrogens is 346 g/mol. The molecule has 0 spiro atoms. The molecule has 1 heterocycles. The fourth-order valence-corrected chi connectivity index (χ4v) is 3.20. The quantitative estimate of drug-likeness (QED) is 0.483. The first-order valence-electron chi connectivity index (χ1n) is 6.85. The first-order valence-corrected chi connectivity index (χ1v) is 7.98. The Morgan fingerprint density at radius 1 is 1.14 bits per heavy atom. The van der Waals surface area contributed by atoms with E-state index >= 15 is 0 Å². The Labute approximate surface area is 134 Å². The first kappa shape index (κ1) is 13.4. The molecule has 1 aliphatic heterocycles. The second-order valence-corrected chi connectivity index (χ2v) is 5.84. The molecule has 0 aromatic heterocycles. The van der Waals surface area contributed by atoms with Crippen molar-refractivity contribution in [2.24, 2.45) is 4.99 Å². The molecule has 2 aliphatic rings. The van der Waals surface area contributed by atoms with Crippen molar-refractivity contribution in [3.05, 3.63) is 53.1 Å². The molecule has 0 bridgehead atoms. The van der Waals surface area contributed by atoms with Gasteiger partial charge in [0.1, 0.15) is 12.2 Å². The summed E-state index contributed by atoms with van der Waals surface area (Å²) in [5.74, 6) is -1.13. The van der Waals surface area contributed by atoms with E-state index < -0.39 is 11.9 Å². The van der Waals surface area contributed by atoms with Crippen molar-refractivity contribution in [1.82, 2.24) is 0 Å². The lowest BCUT2D eigenvalue weighted by atomic mass is 10.0. The molecule has 108 valence electrons. The number of allylic oxidation sites excluding steroid dienone is 1. The van der Waals surface area contributed by atoms with E-state index in [0.717, 1.165) is 21.9 Å². The largest absolute Gasteiger partial charge is 0.461 e. The van der Waals surface area contributed by atoms with Crippen LogP contribution in [0.1, 0.15) is 11.1 Å². The van der Waals surface area contributed by atoms with Crippen LogP contribution in [-0.2, 0) is 14.3 Å². The second-order valence-electron chi connectivity index (χ2n) is 5.05.